The van der Waals surface area contributed by atoms with E-state index in [2.05, 4.69) is 10.1 Å². The smallest absolute Gasteiger partial charge is 0.338 e. The molecule has 3 nitrogen and oxygen atoms in total. The first-order valence-electron chi connectivity index (χ1n) is 5.91. The first-order valence-corrected chi connectivity index (χ1v) is 5.91. The van der Waals surface area contributed by atoms with Gasteiger partial charge in [-0.05, 0) is 44.0 Å². The quantitative estimate of drug-likeness (QED) is 0.823. The van der Waals surface area contributed by atoms with Gasteiger partial charge in [0.1, 0.15) is 11.6 Å². The highest BCUT2D eigenvalue weighted by atomic mass is 19.1. The molecule has 0 bridgehead atoms. The molecule has 0 amide bonds. The molecule has 98 valence electrons. The van der Waals surface area contributed by atoms with Crippen molar-refractivity contribution < 1.29 is 18.3 Å². The maximum Gasteiger partial charge on any atom is 0.338 e. The van der Waals surface area contributed by atoms with Gasteiger partial charge in [0, 0.05) is 5.56 Å². The summed E-state index contributed by atoms with van der Waals surface area (Å²) >= 11 is 0. The second-order valence-corrected chi connectivity index (χ2v) is 4.37. The van der Waals surface area contributed by atoms with E-state index in [0.717, 1.165) is 25.2 Å². The number of hydrogen-bond donors (Lipinski definition) is 1. The Bertz CT molecular complexity index is 433. The molecule has 0 atom stereocenters. The number of methoxy groups -OCH3 is 1. The van der Waals surface area contributed by atoms with Crippen molar-refractivity contribution in [2.45, 2.75) is 18.8 Å². The Morgan fingerprint density at radius 3 is 2.33 bits per heavy atom. The molecular formula is C13H15F2NO2. The van der Waals surface area contributed by atoms with Gasteiger partial charge in [-0.15, -0.1) is 0 Å². The Hall–Kier alpha value is -1.49. The number of hydrogen-bond acceptors (Lipinski definition) is 3. The fourth-order valence-corrected chi connectivity index (χ4v) is 2.32. The summed E-state index contributed by atoms with van der Waals surface area (Å²) in [6, 6.07) is 2.10. The van der Waals surface area contributed by atoms with E-state index in [4.69, 9.17) is 0 Å². The van der Waals surface area contributed by atoms with Crippen LogP contribution in [-0.2, 0) is 4.74 Å². The third-order valence-electron chi connectivity index (χ3n) is 3.25. The third-order valence-corrected chi connectivity index (χ3v) is 3.25. The summed E-state index contributed by atoms with van der Waals surface area (Å²) in [6.45, 7) is 1.50. The largest absolute Gasteiger partial charge is 0.465 e. The van der Waals surface area contributed by atoms with E-state index in [9.17, 15) is 13.6 Å². The molecule has 0 saturated carbocycles. The predicted octanol–water partition coefficient (Wildman–Crippen LogP) is 2.22. The lowest BCUT2D eigenvalue weighted by Gasteiger charge is -2.23. The molecule has 0 unspecified atom stereocenters. The molecule has 1 heterocycles. The summed E-state index contributed by atoms with van der Waals surface area (Å²) < 4.78 is 32.3. The molecule has 1 aliphatic heterocycles. The van der Waals surface area contributed by atoms with Crippen LogP contribution in [0.4, 0.5) is 8.78 Å². The monoisotopic (exact) mass is 255 g/mol. The van der Waals surface area contributed by atoms with Crippen LogP contribution in [0.25, 0.3) is 0 Å². The minimum atomic E-state index is -0.732. The van der Waals surface area contributed by atoms with Crippen molar-refractivity contribution >= 4 is 5.97 Å². The van der Waals surface area contributed by atoms with Crippen molar-refractivity contribution in [3.63, 3.8) is 0 Å². The Labute approximate surface area is 104 Å². The van der Waals surface area contributed by atoms with Crippen LogP contribution in [0.15, 0.2) is 12.1 Å². The van der Waals surface area contributed by atoms with Crippen molar-refractivity contribution in [2.24, 2.45) is 0 Å². The van der Waals surface area contributed by atoms with Crippen LogP contribution in [0.2, 0.25) is 0 Å². The van der Waals surface area contributed by atoms with Gasteiger partial charge in [-0.25, -0.2) is 13.6 Å². The minimum absolute atomic E-state index is 0.0872. The van der Waals surface area contributed by atoms with Crippen LogP contribution >= 0.6 is 0 Å². The fraction of sp³-hybridized carbons (Fsp3) is 0.462. The zero-order valence-electron chi connectivity index (χ0n) is 10.1. The number of benzene rings is 1. The molecule has 0 aliphatic carbocycles. The average Bonchev–Trinajstić information content (AvgIpc) is 2.38. The van der Waals surface area contributed by atoms with Gasteiger partial charge in [0.15, 0.2) is 0 Å². The van der Waals surface area contributed by atoms with Crippen molar-refractivity contribution in [1.82, 2.24) is 5.32 Å². The van der Waals surface area contributed by atoms with E-state index in [1.54, 1.807) is 0 Å². The van der Waals surface area contributed by atoms with Crippen molar-refractivity contribution in [3.8, 4) is 0 Å². The Morgan fingerprint density at radius 1 is 1.28 bits per heavy atom. The van der Waals surface area contributed by atoms with E-state index in [0.29, 0.717) is 12.8 Å². The summed E-state index contributed by atoms with van der Waals surface area (Å²) in [7, 11) is 1.18. The maximum atomic E-state index is 13.9. The first kappa shape index (κ1) is 13.0. The molecule has 0 radical (unpaired) electrons. The summed E-state index contributed by atoms with van der Waals surface area (Å²) in [6.07, 6.45) is 1.40. The molecule has 5 heteroatoms. The number of rotatable bonds is 2. The summed E-state index contributed by atoms with van der Waals surface area (Å²) in [5.74, 6) is -2.19. The molecule has 18 heavy (non-hydrogen) atoms. The maximum absolute atomic E-state index is 13.9. The number of esters is 1. The van der Waals surface area contributed by atoms with Gasteiger partial charge in [-0.2, -0.15) is 0 Å². The highest BCUT2D eigenvalue weighted by molar-refractivity contribution is 5.89. The average molecular weight is 255 g/mol. The summed E-state index contributed by atoms with van der Waals surface area (Å²) in [5.41, 5.74) is -0.00524. The zero-order valence-corrected chi connectivity index (χ0v) is 10.1. The number of halogens is 2. The molecule has 1 N–H and O–H groups in total. The van der Waals surface area contributed by atoms with E-state index in [-0.39, 0.29) is 17.0 Å². The van der Waals surface area contributed by atoms with Gasteiger partial charge in [0.2, 0.25) is 0 Å². The standard InChI is InChI=1S/C13H15F2NO2/c1-18-13(17)9-6-10(14)12(11(15)7-9)8-2-4-16-5-3-8/h6-8,16H,2-5H2,1H3. The van der Waals surface area contributed by atoms with Gasteiger partial charge >= 0.3 is 5.97 Å². The number of carbonyl (C=O) groups is 1. The molecule has 0 spiro atoms. The van der Waals surface area contributed by atoms with Gasteiger partial charge in [0.05, 0.1) is 12.7 Å². The van der Waals surface area contributed by atoms with Crippen molar-refractivity contribution in [1.29, 1.82) is 0 Å². The first-order chi connectivity index (χ1) is 8.63. The predicted molar refractivity (Wildman–Crippen MR) is 62.5 cm³/mol. The molecule has 1 aliphatic rings. The molecule has 1 saturated heterocycles. The molecule has 1 fully saturated rings. The Balaban J connectivity index is 2.34. The second kappa shape index (κ2) is 5.44. The summed E-state index contributed by atoms with van der Waals surface area (Å²) in [5, 5.41) is 3.14. The van der Waals surface area contributed by atoms with E-state index in [1.807, 2.05) is 0 Å². The topological polar surface area (TPSA) is 38.3 Å². The summed E-state index contributed by atoms with van der Waals surface area (Å²) in [4.78, 5) is 11.2. The molecule has 1 aromatic rings. The zero-order chi connectivity index (χ0) is 13.1. The highest BCUT2D eigenvalue weighted by Gasteiger charge is 2.24. The second-order valence-electron chi connectivity index (χ2n) is 4.37. The van der Waals surface area contributed by atoms with Gasteiger partial charge in [-0.1, -0.05) is 0 Å². The van der Waals surface area contributed by atoms with Crippen LogP contribution in [0.3, 0.4) is 0 Å². The molecular weight excluding hydrogens is 240 g/mol. The van der Waals surface area contributed by atoms with Gasteiger partial charge < -0.3 is 10.1 Å². The molecule has 1 aromatic carbocycles. The van der Waals surface area contributed by atoms with Crippen LogP contribution in [0.5, 0.6) is 0 Å². The van der Waals surface area contributed by atoms with Crippen LogP contribution in [0, 0.1) is 11.6 Å². The van der Waals surface area contributed by atoms with E-state index < -0.39 is 17.6 Å². The van der Waals surface area contributed by atoms with Crippen LogP contribution in [0.1, 0.15) is 34.7 Å². The van der Waals surface area contributed by atoms with Crippen LogP contribution < -0.4 is 5.32 Å². The highest BCUT2D eigenvalue weighted by Crippen LogP contribution is 2.30. The third kappa shape index (κ3) is 2.51. The van der Waals surface area contributed by atoms with Gasteiger partial charge in [0.25, 0.3) is 0 Å². The lowest BCUT2D eigenvalue weighted by Crippen LogP contribution is -2.27. The lowest BCUT2D eigenvalue weighted by molar-refractivity contribution is 0.0599. The normalized spacial score (nSPS) is 16.6. The van der Waals surface area contributed by atoms with Crippen molar-refractivity contribution in [3.05, 3.63) is 34.9 Å². The Morgan fingerprint density at radius 2 is 1.83 bits per heavy atom. The molecule has 0 aromatic heterocycles. The number of nitrogens with one attached hydrogen (secondary N) is 1. The fourth-order valence-electron chi connectivity index (χ4n) is 2.32. The Kier molecular flexibility index (Phi) is 3.91. The van der Waals surface area contributed by atoms with E-state index in [1.165, 1.54) is 7.11 Å². The van der Waals surface area contributed by atoms with E-state index >= 15 is 0 Å². The van der Waals surface area contributed by atoms with Crippen molar-refractivity contribution in [2.75, 3.05) is 20.2 Å². The number of ether oxygens (including phenoxy) is 1. The van der Waals surface area contributed by atoms with Gasteiger partial charge in [-0.3, -0.25) is 0 Å². The number of piperidine rings is 1. The minimum Gasteiger partial charge on any atom is -0.465 e. The van der Waals surface area contributed by atoms with Crippen LogP contribution in [-0.4, -0.2) is 26.2 Å². The number of carbonyl (C=O) groups excluding carboxylic acids is 1. The SMILES string of the molecule is COC(=O)c1cc(F)c(C2CCNCC2)c(F)c1. The lowest BCUT2D eigenvalue weighted by atomic mass is 9.89. The molecule has 2 rings (SSSR count).